The molecule has 0 atom stereocenters. The van der Waals surface area contributed by atoms with Crippen LogP contribution in [-0.4, -0.2) is 29.9 Å². The lowest BCUT2D eigenvalue weighted by atomic mass is 10.1. The van der Waals surface area contributed by atoms with Crippen LogP contribution < -0.4 is 10.2 Å². The van der Waals surface area contributed by atoms with Crippen LogP contribution in [0.25, 0.3) is 10.9 Å². The zero-order chi connectivity index (χ0) is 16.8. The number of amides is 2. The van der Waals surface area contributed by atoms with E-state index < -0.39 is 0 Å². The molecule has 0 aliphatic carbocycles. The predicted molar refractivity (Wildman–Crippen MR) is 92.2 cm³/mol. The minimum atomic E-state index is -0.0974. The van der Waals surface area contributed by atoms with Crippen molar-refractivity contribution in [2.75, 3.05) is 18.0 Å². The number of fused-ring (bicyclic) bond motifs is 1. The van der Waals surface area contributed by atoms with Crippen LogP contribution in [0.15, 0.2) is 36.5 Å². The van der Waals surface area contributed by atoms with E-state index in [1.54, 1.807) is 11.1 Å². The topological polar surface area (TPSA) is 62.3 Å². The first-order valence-corrected chi connectivity index (χ1v) is 7.87. The molecule has 0 saturated carbocycles. The Bertz CT molecular complexity index is 692. The summed E-state index contributed by atoms with van der Waals surface area (Å²) in [5.41, 5.74) is 1.51. The van der Waals surface area contributed by atoms with Crippen molar-refractivity contribution in [1.82, 2.24) is 10.3 Å². The van der Waals surface area contributed by atoms with E-state index in [4.69, 9.17) is 0 Å². The maximum Gasteiger partial charge on any atom is 0.223 e. The third-order valence-electron chi connectivity index (χ3n) is 3.55. The quantitative estimate of drug-likeness (QED) is 0.892. The maximum atomic E-state index is 12.0. The minimum Gasteiger partial charge on any atom is -0.356 e. The van der Waals surface area contributed by atoms with Gasteiger partial charge in [0.1, 0.15) is 0 Å². The van der Waals surface area contributed by atoms with Crippen LogP contribution in [0.4, 0.5) is 5.69 Å². The number of carbonyl (C=O) groups excluding carboxylic acids is 2. The highest BCUT2D eigenvalue weighted by Crippen LogP contribution is 2.25. The monoisotopic (exact) mass is 313 g/mol. The van der Waals surface area contributed by atoms with E-state index >= 15 is 0 Å². The molecule has 0 spiro atoms. The average Bonchev–Trinajstić information content (AvgIpc) is 2.53. The summed E-state index contributed by atoms with van der Waals surface area (Å²) in [6.45, 7) is 6.59. The first kappa shape index (κ1) is 16.9. The average molecular weight is 313 g/mol. The third-order valence-corrected chi connectivity index (χ3v) is 3.55. The number of hydrogen-bond acceptors (Lipinski definition) is 3. The fourth-order valence-electron chi connectivity index (χ4n) is 2.37. The Morgan fingerprint density at radius 1 is 1.22 bits per heavy atom. The summed E-state index contributed by atoms with van der Waals surface area (Å²) in [6.07, 6.45) is 1.98. The van der Waals surface area contributed by atoms with Gasteiger partial charge >= 0.3 is 0 Å². The maximum absolute atomic E-state index is 12.0. The highest BCUT2D eigenvalue weighted by Gasteiger charge is 2.16. The Morgan fingerprint density at radius 3 is 2.65 bits per heavy atom. The van der Waals surface area contributed by atoms with Gasteiger partial charge in [-0.05, 0) is 18.1 Å². The molecule has 1 aromatic heterocycles. The van der Waals surface area contributed by atoms with Crippen molar-refractivity contribution in [2.45, 2.75) is 27.2 Å². The summed E-state index contributed by atoms with van der Waals surface area (Å²) in [4.78, 5) is 29.9. The van der Waals surface area contributed by atoms with Gasteiger partial charge in [0, 0.05) is 38.0 Å². The van der Waals surface area contributed by atoms with Gasteiger partial charge in [-0.1, -0.05) is 32.0 Å². The standard InChI is InChI=1S/C18H23N3O2/c1-13(2)12-20-17(23)9-11-21(14(3)22)16-8-4-6-15-7-5-10-19-18(15)16/h4-8,10,13H,9,11-12H2,1-3H3,(H,20,23). The van der Waals surface area contributed by atoms with Crippen molar-refractivity contribution in [3.63, 3.8) is 0 Å². The second kappa shape index (κ2) is 7.72. The molecule has 0 aliphatic rings. The molecule has 0 aliphatic heterocycles. The van der Waals surface area contributed by atoms with Gasteiger partial charge < -0.3 is 10.2 Å². The van der Waals surface area contributed by atoms with Crippen LogP contribution in [0.2, 0.25) is 0 Å². The van der Waals surface area contributed by atoms with Crippen LogP contribution in [-0.2, 0) is 9.59 Å². The van der Waals surface area contributed by atoms with Crippen molar-refractivity contribution >= 4 is 28.4 Å². The smallest absolute Gasteiger partial charge is 0.223 e. The molecule has 0 unspecified atom stereocenters. The second-order valence-electron chi connectivity index (χ2n) is 5.97. The Kier molecular flexibility index (Phi) is 5.68. The first-order valence-electron chi connectivity index (χ1n) is 7.87. The van der Waals surface area contributed by atoms with E-state index in [-0.39, 0.29) is 18.2 Å². The third kappa shape index (κ3) is 4.52. The van der Waals surface area contributed by atoms with Gasteiger partial charge in [0.2, 0.25) is 11.8 Å². The van der Waals surface area contributed by atoms with Gasteiger partial charge in [-0.15, -0.1) is 0 Å². The molecular formula is C18H23N3O2. The van der Waals surface area contributed by atoms with Crippen LogP contribution in [0.3, 0.4) is 0 Å². The van der Waals surface area contributed by atoms with Crippen molar-refractivity contribution in [3.05, 3.63) is 36.5 Å². The number of nitrogens with one attached hydrogen (secondary N) is 1. The normalized spacial score (nSPS) is 10.8. The molecule has 0 saturated heterocycles. The van der Waals surface area contributed by atoms with Gasteiger partial charge in [0.25, 0.3) is 0 Å². The van der Waals surface area contributed by atoms with E-state index in [0.29, 0.717) is 19.0 Å². The Morgan fingerprint density at radius 2 is 1.96 bits per heavy atom. The number of benzene rings is 1. The summed E-state index contributed by atoms with van der Waals surface area (Å²) in [6, 6.07) is 9.54. The van der Waals surface area contributed by atoms with Crippen LogP contribution >= 0.6 is 0 Å². The van der Waals surface area contributed by atoms with Gasteiger partial charge in [-0.25, -0.2) is 0 Å². The Hall–Kier alpha value is -2.43. The Balaban J connectivity index is 2.15. The van der Waals surface area contributed by atoms with Gasteiger partial charge in [-0.3, -0.25) is 14.6 Å². The molecule has 0 fully saturated rings. The highest BCUT2D eigenvalue weighted by molar-refractivity contribution is 6.01. The predicted octanol–water partition coefficient (Wildman–Crippen LogP) is 2.75. The summed E-state index contributed by atoms with van der Waals surface area (Å²) in [7, 11) is 0. The number of carbonyl (C=O) groups is 2. The summed E-state index contributed by atoms with van der Waals surface area (Å²) in [5, 5.41) is 3.85. The molecule has 1 heterocycles. The molecule has 5 nitrogen and oxygen atoms in total. The van der Waals surface area contributed by atoms with E-state index in [2.05, 4.69) is 10.3 Å². The number of rotatable bonds is 6. The van der Waals surface area contributed by atoms with E-state index in [1.165, 1.54) is 6.92 Å². The summed E-state index contributed by atoms with van der Waals surface area (Å²) < 4.78 is 0. The summed E-state index contributed by atoms with van der Waals surface area (Å²) in [5.74, 6) is 0.267. The molecule has 2 rings (SSSR count). The molecule has 1 aromatic carbocycles. The molecule has 122 valence electrons. The fourth-order valence-corrected chi connectivity index (χ4v) is 2.37. The number of hydrogen-bond donors (Lipinski definition) is 1. The van der Waals surface area contributed by atoms with Crippen molar-refractivity contribution in [3.8, 4) is 0 Å². The lowest BCUT2D eigenvalue weighted by Gasteiger charge is -2.22. The first-order chi connectivity index (χ1) is 11.0. The number of pyridine rings is 1. The molecule has 5 heteroatoms. The van der Waals surface area contributed by atoms with E-state index in [1.807, 2.05) is 44.2 Å². The molecule has 1 N–H and O–H groups in total. The zero-order valence-electron chi connectivity index (χ0n) is 13.9. The van der Waals surface area contributed by atoms with E-state index in [0.717, 1.165) is 16.6 Å². The number of para-hydroxylation sites is 1. The molecular weight excluding hydrogens is 290 g/mol. The molecule has 2 aromatic rings. The molecule has 0 bridgehead atoms. The highest BCUT2D eigenvalue weighted by atomic mass is 16.2. The van der Waals surface area contributed by atoms with Gasteiger partial charge in [0.05, 0.1) is 11.2 Å². The lowest BCUT2D eigenvalue weighted by Crippen LogP contribution is -2.35. The molecule has 2 amide bonds. The van der Waals surface area contributed by atoms with Crippen LogP contribution in [0.1, 0.15) is 27.2 Å². The van der Waals surface area contributed by atoms with Gasteiger partial charge in [-0.2, -0.15) is 0 Å². The number of anilines is 1. The zero-order valence-corrected chi connectivity index (χ0v) is 13.9. The molecule has 23 heavy (non-hydrogen) atoms. The number of aromatic nitrogens is 1. The minimum absolute atomic E-state index is 0.0434. The fraction of sp³-hybridized carbons (Fsp3) is 0.389. The largest absolute Gasteiger partial charge is 0.356 e. The van der Waals surface area contributed by atoms with Gasteiger partial charge in [0.15, 0.2) is 0 Å². The summed E-state index contributed by atoms with van der Waals surface area (Å²) >= 11 is 0. The SMILES string of the molecule is CC(=O)N(CCC(=O)NCC(C)C)c1cccc2cccnc12. The van der Waals surface area contributed by atoms with Crippen molar-refractivity contribution in [1.29, 1.82) is 0 Å². The number of nitrogens with zero attached hydrogens (tertiary/aromatic N) is 2. The molecule has 0 radical (unpaired) electrons. The van der Waals surface area contributed by atoms with Crippen LogP contribution in [0, 0.1) is 5.92 Å². The lowest BCUT2D eigenvalue weighted by molar-refractivity contribution is -0.121. The van der Waals surface area contributed by atoms with Crippen molar-refractivity contribution in [2.24, 2.45) is 5.92 Å². The Labute approximate surface area is 136 Å². The van der Waals surface area contributed by atoms with Crippen molar-refractivity contribution < 1.29 is 9.59 Å². The van der Waals surface area contributed by atoms with E-state index in [9.17, 15) is 9.59 Å². The second-order valence-corrected chi connectivity index (χ2v) is 5.97. The van der Waals surface area contributed by atoms with Crippen LogP contribution in [0.5, 0.6) is 0 Å².